The molecule has 2 rings (SSSR count). The fourth-order valence-electron chi connectivity index (χ4n) is 2.34. The van der Waals surface area contributed by atoms with E-state index in [1.54, 1.807) is 25.7 Å². The predicted octanol–water partition coefficient (Wildman–Crippen LogP) is 0.522. The highest BCUT2D eigenvalue weighted by atomic mass is 16.4. The quantitative estimate of drug-likeness (QED) is 0.869. The van der Waals surface area contributed by atoms with E-state index in [0.717, 1.165) is 0 Å². The number of amides is 1. The highest BCUT2D eigenvalue weighted by Gasteiger charge is 2.29. The number of nitrogens with zero attached hydrogens (tertiary/aromatic N) is 3. The average molecular weight is 281 g/mol. The van der Waals surface area contributed by atoms with Crippen LogP contribution in [0, 0.1) is 13.8 Å². The summed E-state index contributed by atoms with van der Waals surface area (Å²) in [6, 6.07) is -0.526. The molecular weight excluding hydrogens is 262 g/mol. The van der Waals surface area contributed by atoms with Crippen LogP contribution in [0.1, 0.15) is 29.1 Å². The maximum atomic E-state index is 12.3. The van der Waals surface area contributed by atoms with E-state index < -0.39 is 12.0 Å². The van der Waals surface area contributed by atoms with E-state index in [1.165, 1.54) is 0 Å². The summed E-state index contributed by atoms with van der Waals surface area (Å²) in [6.45, 7) is 7.19. The number of aliphatic carboxylic acids is 1. The molecule has 110 valence electrons. The third-order valence-electron chi connectivity index (χ3n) is 3.60. The third-order valence-corrected chi connectivity index (χ3v) is 3.60. The Morgan fingerprint density at radius 2 is 1.85 bits per heavy atom. The Kier molecular flexibility index (Phi) is 4.08. The first-order valence-corrected chi connectivity index (χ1v) is 6.60. The number of aromatic nitrogens is 1. The van der Waals surface area contributed by atoms with E-state index in [0.29, 0.717) is 37.8 Å². The van der Waals surface area contributed by atoms with Crippen molar-refractivity contribution in [3.63, 3.8) is 0 Å². The Balaban J connectivity index is 1.99. The van der Waals surface area contributed by atoms with Crippen molar-refractivity contribution in [1.29, 1.82) is 0 Å². The number of piperazine rings is 1. The maximum absolute atomic E-state index is 12.3. The van der Waals surface area contributed by atoms with E-state index in [2.05, 4.69) is 4.98 Å². The van der Waals surface area contributed by atoms with Gasteiger partial charge in [0.15, 0.2) is 5.89 Å². The molecule has 0 bridgehead atoms. The maximum Gasteiger partial charge on any atom is 0.320 e. The second-order valence-corrected chi connectivity index (χ2v) is 4.99. The van der Waals surface area contributed by atoms with Crippen LogP contribution in [-0.2, 0) is 4.79 Å². The zero-order valence-electron chi connectivity index (χ0n) is 11.9. The van der Waals surface area contributed by atoms with E-state index in [4.69, 9.17) is 9.52 Å². The van der Waals surface area contributed by atoms with Crippen molar-refractivity contribution in [1.82, 2.24) is 14.8 Å². The largest absolute Gasteiger partial charge is 0.480 e. The highest BCUT2D eigenvalue weighted by molar-refractivity contribution is 5.92. The lowest BCUT2D eigenvalue weighted by Gasteiger charge is -2.36. The molecule has 0 saturated carbocycles. The first-order valence-electron chi connectivity index (χ1n) is 6.60. The standard InChI is InChI=1S/C13H19N3O4/c1-8-11(20-10(3)14-8)12(17)16-6-4-15(5-7-16)9(2)13(18)19/h9H,4-7H2,1-3H3,(H,18,19). The van der Waals surface area contributed by atoms with Crippen molar-refractivity contribution in [2.24, 2.45) is 0 Å². The smallest absolute Gasteiger partial charge is 0.320 e. The van der Waals surface area contributed by atoms with Gasteiger partial charge >= 0.3 is 5.97 Å². The van der Waals surface area contributed by atoms with Crippen LogP contribution in [0.4, 0.5) is 0 Å². The van der Waals surface area contributed by atoms with E-state index in [-0.39, 0.29) is 11.7 Å². The number of hydrogen-bond donors (Lipinski definition) is 1. The Morgan fingerprint density at radius 3 is 2.30 bits per heavy atom. The Hall–Kier alpha value is -1.89. The van der Waals surface area contributed by atoms with Crippen molar-refractivity contribution >= 4 is 11.9 Å². The van der Waals surface area contributed by atoms with Gasteiger partial charge in [0.1, 0.15) is 6.04 Å². The summed E-state index contributed by atoms with van der Waals surface area (Å²) in [5.41, 5.74) is 0.592. The fraction of sp³-hybridized carbons (Fsp3) is 0.615. The average Bonchev–Trinajstić information content (AvgIpc) is 2.76. The SMILES string of the molecule is Cc1nc(C)c(C(=O)N2CCN(C(C)C(=O)O)CC2)o1. The molecule has 7 heteroatoms. The van der Waals surface area contributed by atoms with Gasteiger partial charge in [-0.25, -0.2) is 4.98 Å². The Bertz CT molecular complexity index is 518. The van der Waals surface area contributed by atoms with Gasteiger partial charge in [0.25, 0.3) is 5.91 Å². The number of carbonyl (C=O) groups is 2. The summed E-state index contributed by atoms with van der Waals surface area (Å²) in [5.74, 6) is -0.261. The molecule has 1 aromatic rings. The molecule has 1 aliphatic rings. The van der Waals surface area contributed by atoms with Gasteiger partial charge in [0.2, 0.25) is 5.76 Å². The summed E-state index contributed by atoms with van der Waals surface area (Å²) < 4.78 is 5.33. The lowest BCUT2D eigenvalue weighted by Crippen LogP contribution is -2.53. The van der Waals surface area contributed by atoms with Gasteiger partial charge < -0.3 is 14.4 Å². The van der Waals surface area contributed by atoms with Crippen molar-refractivity contribution in [3.05, 3.63) is 17.3 Å². The molecule has 0 radical (unpaired) electrons. The molecule has 0 aliphatic carbocycles. The number of rotatable bonds is 3. The molecule has 20 heavy (non-hydrogen) atoms. The third kappa shape index (κ3) is 2.82. The molecule has 1 amide bonds. The van der Waals surface area contributed by atoms with E-state index in [9.17, 15) is 9.59 Å². The van der Waals surface area contributed by atoms with Crippen molar-refractivity contribution in [2.75, 3.05) is 26.2 Å². The van der Waals surface area contributed by atoms with Crippen LogP contribution < -0.4 is 0 Å². The second-order valence-electron chi connectivity index (χ2n) is 4.99. The van der Waals surface area contributed by atoms with Gasteiger partial charge in [-0.15, -0.1) is 0 Å². The first kappa shape index (κ1) is 14.5. The zero-order chi connectivity index (χ0) is 14.9. The summed E-state index contributed by atoms with van der Waals surface area (Å²) >= 11 is 0. The van der Waals surface area contributed by atoms with Gasteiger partial charge in [0, 0.05) is 33.1 Å². The molecule has 0 spiro atoms. The lowest BCUT2D eigenvalue weighted by molar-refractivity contribution is -0.143. The Morgan fingerprint density at radius 1 is 1.25 bits per heavy atom. The molecule has 7 nitrogen and oxygen atoms in total. The van der Waals surface area contributed by atoms with Gasteiger partial charge in [-0.3, -0.25) is 14.5 Å². The molecule has 0 aromatic carbocycles. The number of carboxylic acid groups (broad SMARTS) is 1. The lowest BCUT2D eigenvalue weighted by atomic mass is 10.2. The number of oxazole rings is 1. The van der Waals surface area contributed by atoms with Crippen LogP contribution in [0.2, 0.25) is 0 Å². The Labute approximate surface area is 117 Å². The molecule has 1 aromatic heterocycles. The summed E-state index contributed by atoms with van der Waals surface area (Å²) in [6.07, 6.45) is 0. The topological polar surface area (TPSA) is 86.9 Å². The zero-order valence-corrected chi connectivity index (χ0v) is 11.9. The van der Waals surface area contributed by atoms with Gasteiger partial charge in [-0.2, -0.15) is 0 Å². The highest BCUT2D eigenvalue weighted by Crippen LogP contribution is 2.15. The minimum atomic E-state index is -0.841. The van der Waals surface area contributed by atoms with E-state index >= 15 is 0 Å². The van der Waals surface area contributed by atoms with Crippen LogP contribution >= 0.6 is 0 Å². The molecular formula is C13H19N3O4. The molecule has 1 atom stereocenters. The fourth-order valence-corrected chi connectivity index (χ4v) is 2.34. The second kappa shape index (κ2) is 5.62. The molecule has 1 saturated heterocycles. The van der Waals surface area contributed by atoms with Gasteiger partial charge in [-0.1, -0.05) is 0 Å². The van der Waals surface area contributed by atoms with E-state index in [1.807, 2.05) is 4.90 Å². The minimum Gasteiger partial charge on any atom is -0.480 e. The van der Waals surface area contributed by atoms with Crippen LogP contribution in [0.3, 0.4) is 0 Å². The minimum absolute atomic E-state index is 0.175. The molecule has 1 N–H and O–H groups in total. The monoisotopic (exact) mass is 281 g/mol. The summed E-state index contributed by atoms with van der Waals surface area (Å²) in [5, 5.41) is 8.98. The van der Waals surface area contributed by atoms with Crippen molar-refractivity contribution in [2.45, 2.75) is 26.8 Å². The van der Waals surface area contributed by atoms with Gasteiger partial charge in [0.05, 0.1) is 5.69 Å². The number of hydrogen-bond acceptors (Lipinski definition) is 5. The molecule has 2 heterocycles. The number of carbonyl (C=O) groups excluding carboxylic acids is 1. The van der Waals surface area contributed by atoms with Crippen LogP contribution in [0.5, 0.6) is 0 Å². The van der Waals surface area contributed by atoms with Crippen LogP contribution in [0.15, 0.2) is 4.42 Å². The van der Waals surface area contributed by atoms with Gasteiger partial charge in [-0.05, 0) is 13.8 Å². The summed E-state index contributed by atoms with van der Waals surface area (Å²) in [4.78, 5) is 30.9. The normalized spacial score (nSPS) is 18.1. The van der Waals surface area contributed by atoms with Crippen molar-refractivity contribution in [3.8, 4) is 0 Å². The number of carboxylic acids is 1. The van der Waals surface area contributed by atoms with Crippen LogP contribution in [-0.4, -0.2) is 64.0 Å². The predicted molar refractivity (Wildman–Crippen MR) is 70.6 cm³/mol. The van der Waals surface area contributed by atoms with Crippen molar-refractivity contribution < 1.29 is 19.1 Å². The number of aryl methyl sites for hydroxylation is 2. The first-order chi connectivity index (χ1) is 9.40. The van der Waals surface area contributed by atoms with Crippen LogP contribution in [0.25, 0.3) is 0 Å². The molecule has 1 fully saturated rings. The molecule has 1 aliphatic heterocycles. The molecule has 1 unspecified atom stereocenters. The summed E-state index contributed by atoms with van der Waals surface area (Å²) in [7, 11) is 0.